The first-order valence-corrected chi connectivity index (χ1v) is 9.15. The molecule has 3 rings (SSSR count). The minimum absolute atomic E-state index is 0.686. The van der Waals surface area contributed by atoms with Crippen molar-refractivity contribution in [1.82, 2.24) is 19.8 Å². The number of imidazole rings is 1. The lowest BCUT2D eigenvalue weighted by molar-refractivity contribution is 0.208. The van der Waals surface area contributed by atoms with Crippen LogP contribution in [0.25, 0.3) is 0 Å². The van der Waals surface area contributed by atoms with E-state index in [0.29, 0.717) is 18.4 Å². The standard InChI is InChI=1S/C20H29N5/c1-16-11-17(2)14-25(13-16)20(21-3)23-12-19-22-9-10-24(19)15-18-7-5-4-6-8-18/h4-10,16-17H,11-15H2,1-3H3,(H,21,23). The average Bonchev–Trinajstić information content (AvgIpc) is 3.03. The van der Waals surface area contributed by atoms with Gasteiger partial charge in [0.25, 0.3) is 0 Å². The van der Waals surface area contributed by atoms with Crippen molar-refractivity contribution in [3.8, 4) is 0 Å². The Kier molecular flexibility index (Phi) is 5.74. The highest BCUT2D eigenvalue weighted by Crippen LogP contribution is 2.20. The summed E-state index contributed by atoms with van der Waals surface area (Å²) < 4.78 is 2.19. The van der Waals surface area contributed by atoms with Crippen LogP contribution in [0.4, 0.5) is 0 Å². The summed E-state index contributed by atoms with van der Waals surface area (Å²) >= 11 is 0. The number of guanidine groups is 1. The summed E-state index contributed by atoms with van der Waals surface area (Å²) in [7, 11) is 1.86. The second-order valence-corrected chi connectivity index (χ2v) is 7.21. The first-order chi connectivity index (χ1) is 12.2. The zero-order valence-corrected chi connectivity index (χ0v) is 15.5. The number of nitrogens with zero attached hydrogens (tertiary/aromatic N) is 4. The Bertz CT molecular complexity index is 681. The molecule has 134 valence electrons. The monoisotopic (exact) mass is 339 g/mol. The Balaban J connectivity index is 1.62. The quantitative estimate of drug-likeness (QED) is 0.688. The largest absolute Gasteiger partial charge is 0.349 e. The van der Waals surface area contributed by atoms with Crippen molar-refractivity contribution in [2.24, 2.45) is 16.8 Å². The molecule has 1 aromatic carbocycles. The van der Waals surface area contributed by atoms with Crippen molar-refractivity contribution in [2.45, 2.75) is 33.4 Å². The molecular weight excluding hydrogens is 310 g/mol. The molecule has 1 aliphatic rings. The minimum atomic E-state index is 0.686. The van der Waals surface area contributed by atoms with Gasteiger partial charge >= 0.3 is 0 Å². The topological polar surface area (TPSA) is 45.5 Å². The lowest BCUT2D eigenvalue weighted by Gasteiger charge is -2.37. The van der Waals surface area contributed by atoms with E-state index >= 15 is 0 Å². The SMILES string of the molecule is CN=C(NCc1nccn1Cc1ccccc1)N1CC(C)CC(C)C1. The van der Waals surface area contributed by atoms with Crippen LogP contribution >= 0.6 is 0 Å². The van der Waals surface area contributed by atoms with Gasteiger partial charge in [-0.15, -0.1) is 0 Å². The summed E-state index contributed by atoms with van der Waals surface area (Å²) in [5.41, 5.74) is 1.28. The third-order valence-corrected chi connectivity index (χ3v) is 4.78. The number of aliphatic imine (C=N–C) groups is 1. The Hall–Kier alpha value is -2.30. The van der Waals surface area contributed by atoms with Crippen molar-refractivity contribution in [2.75, 3.05) is 20.1 Å². The molecule has 0 radical (unpaired) electrons. The van der Waals surface area contributed by atoms with Gasteiger partial charge in [0.15, 0.2) is 5.96 Å². The van der Waals surface area contributed by atoms with E-state index in [1.165, 1.54) is 12.0 Å². The van der Waals surface area contributed by atoms with Crippen LogP contribution in [-0.4, -0.2) is 40.5 Å². The maximum atomic E-state index is 4.52. The fourth-order valence-electron chi connectivity index (χ4n) is 3.76. The van der Waals surface area contributed by atoms with E-state index in [0.717, 1.165) is 31.4 Å². The fourth-order valence-corrected chi connectivity index (χ4v) is 3.76. The molecule has 2 atom stereocenters. The third kappa shape index (κ3) is 4.62. The van der Waals surface area contributed by atoms with Gasteiger partial charge in [-0.25, -0.2) is 4.98 Å². The van der Waals surface area contributed by atoms with Gasteiger partial charge in [0.1, 0.15) is 5.82 Å². The smallest absolute Gasteiger partial charge is 0.194 e. The summed E-state index contributed by atoms with van der Waals surface area (Å²) in [6.07, 6.45) is 5.21. The number of aromatic nitrogens is 2. The average molecular weight is 339 g/mol. The molecule has 0 aliphatic carbocycles. The van der Waals surface area contributed by atoms with Gasteiger partial charge in [-0.05, 0) is 23.8 Å². The normalized spacial score (nSPS) is 21.4. The van der Waals surface area contributed by atoms with Gasteiger partial charge in [0, 0.05) is 39.1 Å². The molecule has 1 aromatic heterocycles. The molecule has 1 saturated heterocycles. The lowest BCUT2D eigenvalue weighted by Crippen LogP contribution is -2.48. The molecule has 0 bridgehead atoms. The van der Waals surface area contributed by atoms with E-state index in [1.54, 1.807) is 0 Å². The second kappa shape index (κ2) is 8.19. The molecule has 1 N–H and O–H groups in total. The molecule has 5 heteroatoms. The van der Waals surface area contributed by atoms with E-state index in [-0.39, 0.29) is 0 Å². The number of piperidine rings is 1. The molecule has 2 aromatic rings. The summed E-state index contributed by atoms with van der Waals surface area (Å²) in [5, 5.41) is 3.50. The van der Waals surface area contributed by atoms with E-state index in [1.807, 2.05) is 25.5 Å². The minimum Gasteiger partial charge on any atom is -0.349 e. The first kappa shape index (κ1) is 17.5. The summed E-state index contributed by atoms with van der Waals surface area (Å²) in [6.45, 7) is 8.32. The van der Waals surface area contributed by atoms with Gasteiger partial charge in [0.2, 0.25) is 0 Å². The van der Waals surface area contributed by atoms with Crippen molar-refractivity contribution in [1.29, 1.82) is 0 Å². The Morgan fingerprint density at radius 1 is 1.20 bits per heavy atom. The molecule has 0 saturated carbocycles. The predicted molar refractivity (Wildman–Crippen MR) is 102 cm³/mol. The van der Waals surface area contributed by atoms with Crippen LogP contribution in [0.3, 0.4) is 0 Å². The van der Waals surface area contributed by atoms with Crippen LogP contribution in [0, 0.1) is 11.8 Å². The molecule has 5 nitrogen and oxygen atoms in total. The molecule has 0 spiro atoms. The highest BCUT2D eigenvalue weighted by molar-refractivity contribution is 5.79. The number of hydrogen-bond donors (Lipinski definition) is 1. The summed E-state index contributed by atoms with van der Waals surface area (Å²) in [4.78, 5) is 11.4. The molecule has 25 heavy (non-hydrogen) atoms. The van der Waals surface area contributed by atoms with Gasteiger partial charge in [-0.3, -0.25) is 4.99 Å². The van der Waals surface area contributed by atoms with Crippen LogP contribution in [0.2, 0.25) is 0 Å². The molecule has 1 fully saturated rings. The zero-order valence-electron chi connectivity index (χ0n) is 15.5. The number of hydrogen-bond acceptors (Lipinski definition) is 2. The number of likely N-dealkylation sites (tertiary alicyclic amines) is 1. The number of benzene rings is 1. The van der Waals surface area contributed by atoms with E-state index in [2.05, 4.69) is 62.9 Å². The van der Waals surface area contributed by atoms with Crippen LogP contribution in [0.15, 0.2) is 47.7 Å². The predicted octanol–water partition coefficient (Wildman–Crippen LogP) is 2.98. The second-order valence-electron chi connectivity index (χ2n) is 7.21. The molecule has 1 aliphatic heterocycles. The van der Waals surface area contributed by atoms with E-state index in [9.17, 15) is 0 Å². The molecule has 2 unspecified atom stereocenters. The Morgan fingerprint density at radius 2 is 1.92 bits per heavy atom. The van der Waals surface area contributed by atoms with Crippen LogP contribution in [0.1, 0.15) is 31.7 Å². The molecule has 2 heterocycles. The summed E-state index contributed by atoms with van der Waals surface area (Å²) in [6, 6.07) is 10.5. The van der Waals surface area contributed by atoms with Gasteiger partial charge < -0.3 is 14.8 Å². The lowest BCUT2D eigenvalue weighted by atomic mass is 9.92. The zero-order chi connectivity index (χ0) is 17.6. The third-order valence-electron chi connectivity index (χ3n) is 4.78. The highest BCUT2D eigenvalue weighted by Gasteiger charge is 2.24. The van der Waals surface area contributed by atoms with Gasteiger partial charge in [-0.1, -0.05) is 44.2 Å². The highest BCUT2D eigenvalue weighted by atomic mass is 15.3. The Labute approximate surface area is 150 Å². The van der Waals surface area contributed by atoms with Crippen molar-refractivity contribution in [3.05, 3.63) is 54.1 Å². The van der Waals surface area contributed by atoms with Crippen LogP contribution in [0.5, 0.6) is 0 Å². The summed E-state index contributed by atoms with van der Waals surface area (Å²) in [5.74, 6) is 3.43. The molecular formula is C20H29N5. The van der Waals surface area contributed by atoms with Gasteiger partial charge in [-0.2, -0.15) is 0 Å². The van der Waals surface area contributed by atoms with Crippen molar-refractivity contribution < 1.29 is 0 Å². The van der Waals surface area contributed by atoms with Crippen molar-refractivity contribution in [3.63, 3.8) is 0 Å². The fraction of sp³-hybridized carbons (Fsp3) is 0.500. The number of rotatable bonds is 4. The van der Waals surface area contributed by atoms with E-state index in [4.69, 9.17) is 0 Å². The van der Waals surface area contributed by atoms with Crippen LogP contribution < -0.4 is 5.32 Å². The molecule has 0 amide bonds. The Morgan fingerprint density at radius 3 is 2.60 bits per heavy atom. The maximum absolute atomic E-state index is 4.52. The number of nitrogens with one attached hydrogen (secondary N) is 1. The van der Waals surface area contributed by atoms with Gasteiger partial charge in [0.05, 0.1) is 6.54 Å². The maximum Gasteiger partial charge on any atom is 0.194 e. The van der Waals surface area contributed by atoms with E-state index < -0.39 is 0 Å². The van der Waals surface area contributed by atoms with Crippen molar-refractivity contribution >= 4 is 5.96 Å². The first-order valence-electron chi connectivity index (χ1n) is 9.15. The van der Waals surface area contributed by atoms with Crippen LogP contribution in [-0.2, 0) is 13.1 Å².